The summed E-state index contributed by atoms with van der Waals surface area (Å²) in [5.41, 5.74) is 0. The molecule has 3 aliphatic heterocycles. The molecule has 3 heterocycles. The largest absolute Gasteiger partial charge is 0.378 e. The van der Waals surface area contributed by atoms with Gasteiger partial charge in [-0.15, -0.1) is 0 Å². The molecular formula is C15H25NO3. The SMILES string of the molecule is O=C(CCCC1CCCO1)C1CN2CCCC2CO1. The zero-order chi connectivity index (χ0) is 13.1. The Bertz CT molecular complexity index is 315. The molecule has 19 heavy (non-hydrogen) atoms. The van der Waals surface area contributed by atoms with Crippen molar-refractivity contribution in [2.24, 2.45) is 0 Å². The number of ketones is 1. The number of carbonyl (C=O) groups excluding carboxylic acids is 1. The van der Waals surface area contributed by atoms with Gasteiger partial charge in [0.2, 0.25) is 0 Å². The van der Waals surface area contributed by atoms with Crippen molar-refractivity contribution >= 4 is 5.78 Å². The number of ether oxygens (including phenoxy) is 2. The van der Waals surface area contributed by atoms with Crippen LogP contribution in [0.1, 0.15) is 44.9 Å². The second-order valence-electron chi connectivity index (χ2n) is 6.11. The Kier molecular flexibility index (Phi) is 4.51. The molecule has 3 fully saturated rings. The smallest absolute Gasteiger partial charge is 0.162 e. The van der Waals surface area contributed by atoms with E-state index in [-0.39, 0.29) is 6.10 Å². The van der Waals surface area contributed by atoms with Gasteiger partial charge in [-0.2, -0.15) is 0 Å². The molecule has 4 nitrogen and oxygen atoms in total. The number of Topliss-reactive ketones (excluding diaryl/α,β-unsaturated/α-hetero) is 1. The van der Waals surface area contributed by atoms with Crippen LogP contribution in [0.15, 0.2) is 0 Å². The van der Waals surface area contributed by atoms with Crippen LogP contribution < -0.4 is 0 Å². The number of morpholine rings is 1. The summed E-state index contributed by atoms with van der Waals surface area (Å²) in [6, 6.07) is 0.580. The molecule has 0 aromatic carbocycles. The van der Waals surface area contributed by atoms with Gasteiger partial charge in [-0.25, -0.2) is 0 Å². The lowest BCUT2D eigenvalue weighted by Crippen LogP contribution is -2.49. The van der Waals surface area contributed by atoms with Crippen LogP contribution in [0.2, 0.25) is 0 Å². The van der Waals surface area contributed by atoms with E-state index in [0.717, 1.165) is 39.1 Å². The predicted octanol–water partition coefficient (Wildman–Crippen LogP) is 1.77. The summed E-state index contributed by atoms with van der Waals surface area (Å²) in [5, 5.41) is 0. The summed E-state index contributed by atoms with van der Waals surface area (Å²) in [6.07, 6.45) is 7.72. The van der Waals surface area contributed by atoms with Crippen molar-refractivity contribution in [1.82, 2.24) is 4.90 Å². The minimum absolute atomic E-state index is 0.168. The summed E-state index contributed by atoms with van der Waals surface area (Å²) < 4.78 is 11.3. The molecule has 0 aromatic heterocycles. The van der Waals surface area contributed by atoms with E-state index in [1.54, 1.807) is 0 Å². The Labute approximate surface area is 115 Å². The Morgan fingerprint density at radius 2 is 2.16 bits per heavy atom. The molecule has 0 aromatic rings. The van der Waals surface area contributed by atoms with Crippen LogP contribution in [0.4, 0.5) is 0 Å². The number of fused-ring (bicyclic) bond motifs is 1. The van der Waals surface area contributed by atoms with E-state index in [9.17, 15) is 4.79 Å². The molecule has 3 saturated heterocycles. The van der Waals surface area contributed by atoms with Crippen molar-refractivity contribution in [3.63, 3.8) is 0 Å². The highest BCUT2D eigenvalue weighted by atomic mass is 16.5. The number of carbonyl (C=O) groups is 1. The van der Waals surface area contributed by atoms with E-state index in [4.69, 9.17) is 9.47 Å². The highest BCUT2D eigenvalue weighted by Gasteiger charge is 2.34. The average molecular weight is 267 g/mol. The number of hydrogen-bond donors (Lipinski definition) is 0. The first kappa shape index (κ1) is 13.5. The normalized spacial score (nSPS) is 35.5. The molecule has 0 amide bonds. The molecule has 3 atom stereocenters. The van der Waals surface area contributed by atoms with Crippen LogP contribution in [0.3, 0.4) is 0 Å². The fraction of sp³-hybridized carbons (Fsp3) is 0.933. The highest BCUT2D eigenvalue weighted by molar-refractivity contribution is 5.83. The van der Waals surface area contributed by atoms with E-state index in [1.165, 1.54) is 25.7 Å². The number of hydrogen-bond acceptors (Lipinski definition) is 4. The van der Waals surface area contributed by atoms with Crippen molar-refractivity contribution in [1.29, 1.82) is 0 Å². The molecule has 4 heteroatoms. The van der Waals surface area contributed by atoms with Gasteiger partial charge >= 0.3 is 0 Å². The van der Waals surface area contributed by atoms with Crippen molar-refractivity contribution < 1.29 is 14.3 Å². The van der Waals surface area contributed by atoms with Crippen LogP contribution in [0.5, 0.6) is 0 Å². The molecule has 0 spiro atoms. The van der Waals surface area contributed by atoms with Crippen molar-refractivity contribution in [2.45, 2.75) is 63.2 Å². The molecule has 0 N–H and O–H groups in total. The lowest BCUT2D eigenvalue weighted by atomic mass is 10.0. The van der Waals surface area contributed by atoms with Gasteiger partial charge in [-0.1, -0.05) is 0 Å². The maximum absolute atomic E-state index is 12.2. The fourth-order valence-electron chi connectivity index (χ4n) is 3.55. The second-order valence-corrected chi connectivity index (χ2v) is 6.11. The number of nitrogens with zero attached hydrogens (tertiary/aromatic N) is 1. The summed E-state index contributed by atoms with van der Waals surface area (Å²) in [6.45, 7) is 3.62. The molecular weight excluding hydrogens is 242 g/mol. The third-order valence-electron chi connectivity index (χ3n) is 4.72. The van der Waals surface area contributed by atoms with E-state index in [2.05, 4.69) is 4.90 Å². The van der Waals surface area contributed by atoms with Crippen molar-refractivity contribution in [3.05, 3.63) is 0 Å². The van der Waals surface area contributed by atoms with Gasteiger partial charge in [0.15, 0.2) is 5.78 Å². The van der Waals surface area contributed by atoms with Crippen LogP contribution in [0, 0.1) is 0 Å². The Hall–Kier alpha value is -0.450. The van der Waals surface area contributed by atoms with Gasteiger partial charge in [-0.05, 0) is 45.1 Å². The Morgan fingerprint density at radius 1 is 1.21 bits per heavy atom. The van der Waals surface area contributed by atoms with Crippen LogP contribution in [-0.4, -0.2) is 55.2 Å². The molecule has 0 radical (unpaired) electrons. The molecule has 0 saturated carbocycles. The van der Waals surface area contributed by atoms with Crippen molar-refractivity contribution in [2.75, 3.05) is 26.3 Å². The zero-order valence-corrected chi connectivity index (χ0v) is 11.7. The first-order chi connectivity index (χ1) is 9.33. The lowest BCUT2D eigenvalue weighted by Gasteiger charge is -2.34. The molecule has 0 bridgehead atoms. The van der Waals surface area contributed by atoms with Gasteiger partial charge in [0.25, 0.3) is 0 Å². The predicted molar refractivity (Wildman–Crippen MR) is 72.2 cm³/mol. The first-order valence-electron chi connectivity index (χ1n) is 7.83. The maximum atomic E-state index is 12.2. The number of rotatable bonds is 5. The molecule has 3 aliphatic rings. The van der Waals surface area contributed by atoms with Gasteiger partial charge in [0.1, 0.15) is 6.10 Å². The van der Waals surface area contributed by atoms with E-state index >= 15 is 0 Å². The van der Waals surface area contributed by atoms with Crippen LogP contribution in [-0.2, 0) is 14.3 Å². The molecule has 3 rings (SSSR count). The van der Waals surface area contributed by atoms with Crippen LogP contribution >= 0.6 is 0 Å². The molecule has 0 aliphatic carbocycles. The topological polar surface area (TPSA) is 38.8 Å². The van der Waals surface area contributed by atoms with E-state index in [0.29, 0.717) is 24.3 Å². The Balaban J connectivity index is 1.37. The standard InChI is InChI=1S/C15H25NO3/c17-14(7-1-5-13-6-3-9-18-13)15-10-16-8-2-4-12(16)11-19-15/h12-13,15H,1-11H2. The minimum Gasteiger partial charge on any atom is -0.378 e. The van der Waals surface area contributed by atoms with Gasteiger partial charge < -0.3 is 9.47 Å². The third-order valence-corrected chi connectivity index (χ3v) is 4.72. The monoisotopic (exact) mass is 267 g/mol. The zero-order valence-electron chi connectivity index (χ0n) is 11.7. The molecule has 108 valence electrons. The fourth-order valence-corrected chi connectivity index (χ4v) is 3.55. The van der Waals surface area contributed by atoms with Crippen LogP contribution in [0.25, 0.3) is 0 Å². The first-order valence-corrected chi connectivity index (χ1v) is 7.83. The van der Waals surface area contributed by atoms with Crippen molar-refractivity contribution in [3.8, 4) is 0 Å². The van der Waals surface area contributed by atoms with Gasteiger partial charge in [0, 0.05) is 25.6 Å². The molecule has 3 unspecified atom stereocenters. The van der Waals surface area contributed by atoms with Gasteiger partial charge in [-0.3, -0.25) is 9.69 Å². The van der Waals surface area contributed by atoms with E-state index < -0.39 is 0 Å². The second kappa shape index (κ2) is 6.33. The Morgan fingerprint density at radius 3 is 3.00 bits per heavy atom. The lowest BCUT2D eigenvalue weighted by molar-refractivity contribution is -0.138. The van der Waals surface area contributed by atoms with E-state index in [1.807, 2.05) is 0 Å². The third kappa shape index (κ3) is 3.36. The summed E-state index contributed by atoms with van der Waals surface area (Å²) >= 11 is 0. The quantitative estimate of drug-likeness (QED) is 0.761. The maximum Gasteiger partial charge on any atom is 0.162 e. The van der Waals surface area contributed by atoms with Gasteiger partial charge in [0.05, 0.1) is 12.7 Å². The minimum atomic E-state index is -0.168. The highest BCUT2D eigenvalue weighted by Crippen LogP contribution is 2.24. The average Bonchev–Trinajstić information content (AvgIpc) is 3.08. The summed E-state index contributed by atoms with van der Waals surface area (Å²) in [7, 11) is 0. The summed E-state index contributed by atoms with van der Waals surface area (Å²) in [4.78, 5) is 14.6. The summed E-state index contributed by atoms with van der Waals surface area (Å²) in [5.74, 6) is 0.295.